The number of nitrogens with zero attached hydrogens (tertiary/aromatic N) is 1. The highest BCUT2D eigenvalue weighted by molar-refractivity contribution is 5.91. The lowest BCUT2D eigenvalue weighted by Gasteiger charge is -2.26. The van der Waals surface area contributed by atoms with Crippen molar-refractivity contribution in [3.8, 4) is 0 Å². The third-order valence-corrected chi connectivity index (χ3v) is 4.14. The van der Waals surface area contributed by atoms with Crippen LogP contribution >= 0.6 is 0 Å². The Bertz CT molecular complexity index is 544. The first-order chi connectivity index (χ1) is 9.65. The van der Waals surface area contributed by atoms with Crippen LogP contribution in [0.15, 0.2) is 24.3 Å². The Morgan fingerprint density at radius 2 is 2.10 bits per heavy atom. The molecule has 1 aromatic rings. The van der Waals surface area contributed by atoms with Crippen molar-refractivity contribution < 1.29 is 9.59 Å². The molecule has 3 rings (SSSR count). The van der Waals surface area contributed by atoms with Gasteiger partial charge in [0.25, 0.3) is 0 Å². The molecule has 2 amide bonds. The van der Waals surface area contributed by atoms with E-state index in [1.165, 1.54) is 11.1 Å². The summed E-state index contributed by atoms with van der Waals surface area (Å²) in [5, 5.41) is 6.11. The number of benzene rings is 1. The Morgan fingerprint density at radius 3 is 2.80 bits per heavy atom. The maximum Gasteiger partial charge on any atom is 0.244 e. The second kappa shape index (κ2) is 5.25. The molecule has 0 aromatic heterocycles. The average Bonchev–Trinajstić information content (AvgIpc) is 2.78. The summed E-state index contributed by atoms with van der Waals surface area (Å²) in [6, 6.07) is 7.54. The molecule has 1 fully saturated rings. The summed E-state index contributed by atoms with van der Waals surface area (Å²) < 4.78 is 0. The minimum absolute atomic E-state index is 0.00885. The van der Waals surface area contributed by atoms with Crippen LogP contribution in [0.1, 0.15) is 17.5 Å². The zero-order valence-electron chi connectivity index (χ0n) is 11.6. The van der Waals surface area contributed by atoms with Gasteiger partial charge in [-0.1, -0.05) is 24.3 Å². The van der Waals surface area contributed by atoms with Crippen molar-refractivity contribution in [2.24, 2.45) is 0 Å². The highest BCUT2D eigenvalue weighted by Crippen LogP contribution is 2.17. The van der Waals surface area contributed by atoms with E-state index in [-0.39, 0.29) is 23.9 Å². The maximum absolute atomic E-state index is 12.3. The van der Waals surface area contributed by atoms with Gasteiger partial charge in [-0.15, -0.1) is 0 Å². The Morgan fingerprint density at radius 1 is 1.35 bits per heavy atom. The molecule has 0 saturated carbocycles. The largest absolute Gasteiger partial charge is 0.344 e. The van der Waals surface area contributed by atoms with Crippen molar-refractivity contribution in [2.75, 3.05) is 13.6 Å². The van der Waals surface area contributed by atoms with Gasteiger partial charge in [-0.3, -0.25) is 9.59 Å². The van der Waals surface area contributed by atoms with E-state index in [9.17, 15) is 9.59 Å². The van der Waals surface area contributed by atoms with E-state index in [1.807, 2.05) is 12.1 Å². The molecule has 0 bridgehead atoms. The fourth-order valence-electron chi connectivity index (χ4n) is 2.87. The predicted molar refractivity (Wildman–Crippen MR) is 75.0 cm³/mol. The van der Waals surface area contributed by atoms with Crippen LogP contribution in [0.5, 0.6) is 0 Å². The monoisotopic (exact) mass is 273 g/mol. The van der Waals surface area contributed by atoms with Gasteiger partial charge in [0.05, 0.1) is 6.04 Å². The third-order valence-electron chi connectivity index (χ3n) is 4.14. The quantitative estimate of drug-likeness (QED) is 0.800. The number of amides is 2. The SMILES string of the molecule is CN1CCC(NC(=O)C2Cc3ccccc3CN2)C1=O. The molecule has 1 saturated heterocycles. The lowest BCUT2D eigenvalue weighted by molar-refractivity contribution is -0.132. The van der Waals surface area contributed by atoms with Gasteiger partial charge >= 0.3 is 0 Å². The van der Waals surface area contributed by atoms with Crippen LogP contribution in [0.4, 0.5) is 0 Å². The van der Waals surface area contributed by atoms with E-state index in [1.54, 1.807) is 11.9 Å². The zero-order chi connectivity index (χ0) is 14.1. The standard InChI is InChI=1S/C15H19N3O2/c1-18-7-6-12(15(18)20)17-14(19)13-8-10-4-2-3-5-11(10)9-16-13/h2-5,12-13,16H,6-9H2,1H3,(H,17,19). The topological polar surface area (TPSA) is 61.4 Å². The molecule has 2 aliphatic heterocycles. The molecule has 106 valence electrons. The number of hydrogen-bond donors (Lipinski definition) is 2. The van der Waals surface area contributed by atoms with Crippen LogP contribution in [-0.4, -0.2) is 42.4 Å². The van der Waals surface area contributed by atoms with Gasteiger partial charge in [0.2, 0.25) is 11.8 Å². The molecule has 5 heteroatoms. The van der Waals surface area contributed by atoms with E-state index in [0.717, 1.165) is 0 Å². The summed E-state index contributed by atoms with van der Waals surface area (Å²) in [4.78, 5) is 25.7. The Labute approximate surface area is 118 Å². The van der Waals surface area contributed by atoms with E-state index < -0.39 is 0 Å². The number of likely N-dealkylation sites (tertiary alicyclic amines) is 1. The maximum atomic E-state index is 12.3. The van der Waals surface area contributed by atoms with Gasteiger partial charge < -0.3 is 15.5 Å². The molecule has 1 aromatic carbocycles. The molecule has 5 nitrogen and oxygen atoms in total. The van der Waals surface area contributed by atoms with E-state index in [4.69, 9.17) is 0 Å². The highest BCUT2D eigenvalue weighted by atomic mass is 16.2. The molecule has 2 heterocycles. The predicted octanol–water partition coefficient (Wildman–Crippen LogP) is 0.0478. The number of carbonyl (C=O) groups is 2. The number of carbonyl (C=O) groups excluding carboxylic acids is 2. The molecule has 2 atom stereocenters. The molecule has 2 unspecified atom stereocenters. The zero-order valence-corrected chi connectivity index (χ0v) is 11.6. The fraction of sp³-hybridized carbons (Fsp3) is 0.467. The highest BCUT2D eigenvalue weighted by Gasteiger charge is 2.33. The Balaban J connectivity index is 1.63. The van der Waals surface area contributed by atoms with Crippen molar-refractivity contribution in [3.05, 3.63) is 35.4 Å². The van der Waals surface area contributed by atoms with Crippen LogP contribution in [0.2, 0.25) is 0 Å². The second-order valence-electron chi connectivity index (χ2n) is 5.52. The lowest BCUT2D eigenvalue weighted by atomic mass is 9.95. The first-order valence-electron chi connectivity index (χ1n) is 7.00. The van der Waals surface area contributed by atoms with Gasteiger partial charge in [0, 0.05) is 20.1 Å². The Hall–Kier alpha value is -1.88. The minimum atomic E-state index is -0.355. The first-order valence-corrected chi connectivity index (χ1v) is 7.00. The van der Waals surface area contributed by atoms with Crippen molar-refractivity contribution in [2.45, 2.75) is 31.5 Å². The van der Waals surface area contributed by atoms with Crippen LogP contribution in [0, 0.1) is 0 Å². The lowest BCUT2D eigenvalue weighted by Crippen LogP contribution is -2.52. The second-order valence-corrected chi connectivity index (χ2v) is 5.52. The number of rotatable bonds is 2. The molecule has 2 N–H and O–H groups in total. The molecule has 2 aliphatic rings. The normalized spacial score (nSPS) is 25.4. The van der Waals surface area contributed by atoms with E-state index in [0.29, 0.717) is 25.9 Å². The molecular weight excluding hydrogens is 254 g/mol. The van der Waals surface area contributed by atoms with Gasteiger partial charge in [0.1, 0.15) is 6.04 Å². The van der Waals surface area contributed by atoms with Crippen molar-refractivity contribution in [3.63, 3.8) is 0 Å². The average molecular weight is 273 g/mol. The van der Waals surface area contributed by atoms with Crippen LogP contribution in [0.25, 0.3) is 0 Å². The van der Waals surface area contributed by atoms with Crippen LogP contribution < -0.4 is 10.6 Å². The van der Waals surface area contributed by atoms with Gasteiger partial charge in [0.15, 0.2) is 0 Å². The summed E-state index contributed by atoms with van der Waals surface area (Å²) in [6.07, 6.45) is 1.38. The Kier molecular flexibility index (Phi) is 3.44. The summed E-state index contributed by atoms with van der Waals surface area (Å²) in [5.74, 6) is -0.0669. The van der Waals surface area contributed by atoms with Gasteiger partial charge in [-0.25, -0.2) is 0 Å². The summed E-state index contributed by atoms with van der Waals surface area (Å²) in [6.45, 7) is 1.41. The molecule has 20 heavy (non-hydrogen) atoms. The van der Waals surface area contributed by atoms with Crippen molar-refractivity contribution in [1.29, 1.82) is 0 Å². The van der Waals surface area contributed by atoms with Crippen LogP contribution in [0.3, 0.4) is 0 Å². The van der Waals surface area contributed by atoms with E-state index in [2.05, 4.69) is 22.8 Å². The third kappa shape index (κ3) is 2.41. The molecule has 0 aliphatic carbocycles. The fourth-order valence-corrected chi connectivity index (χ4v) is 2.87. The summed E-state index contributed by atoms with van der Waals surface area (Å²) in [5.41, 5.74) is 2.45. The van der Waals surface area contributed by atoms with Crippen molar-refractivity contribution >= 4 is 11.8 Å². The van der Waals surface area contributed by atoms with Crippen LogP contribution in [-0.2, 0) is 22.6 Å². The van der Waals surface area contributed by atoms with E-state index >= 15 is 0 Å². The number of hydrogen-bond acceptors (Lipinski definition) is 3. The molecule has 0 radical (unpaired) electrons. The smallest absolute Gasteiger partial charge is 0.244 e. The summed E-state index contributed by atoms with van der Waals surface area (Å²) >= 11 is 0. The number of likely N-dealkylation sites (N-methyl/N-ethyl adjacent to an activating group) is 1. The molecular formula is C15H19N3O2. The number of nitrogens with one attached hydrogen (secondary N) is 2. The first kappa shape index (κ1) is 13.1. The van der Waals surface area contributed by atoms with Gasteiger partial charge in [-0.05, 0) is 24.0 Å². The molecule has 0 spiro atoms. The summed E-state index contributed by atoms with van der Waals surface area (Å²) in [7, 11) is 1.77. The minimum Gasteiger partial charge on any atom is -0.344 e. The number of fused-ring (bicyclic) bond motifs is 1. The van der Waals surface area contributed by atoms with Gasteiger partial charge in [-0.2, -0.15) is 0 Å². The van der Waals surface area contributed by atoms with Crippen molar-refractivity contribution in [1.82, 2.24) is 15.5 Å².